The molecular formula is C12H14ClN3O2. The summed E-state index contributed by atoms with van der Waals surface area (Å²) in [6, 6.07) is 7.62. The number of carbonyl (C=O) groups excluding carboxylic acids is 1. The quantitative estimate of drug-likeness (QED) is 0.837. The molecule has 1 aliphatic rings. The van der Waals surface area contributed by atoms with Crippen molar-refractivity contribution in [3.05, 3.63) is 34.9 Å². The summed E-state index contributed by atoms with van der Waals surface area (Å²) in [4.78, 5) is 15.9. The molecule has 0 radical (unpaired) electrons. The van der Waals surface area contributed by atoms with Crippen LogP contribution in [-0.4, -0.2) is 24.3 Å². The van der Waals surface area contributed by atoms with Gasteiger partial charge in [-0.2, -0.15) is 0 Å². The number of primary amides is 1. The summed E-state index contributed by atoms with van der Waals surface area (Å²) in [5.74, 6) is -0.524. The fourth-order valence-corrected chi connectivity index (χ4v) is 1.90. The van der Waals surface area contributed by atoms with Crippen LogP contribution in [0.25, 0.3) is 0 Å². The minimum atomic E-state index is -0.524. The zero-order valence-corrected chi connectivity index (χ0v) is 10.5. The Labute approximate surface area is 110 Å². The Balaban J connectivity index is 1.75. The Kier molecular flexibility index (Phi) is 4.17. The zero-order valence-electron chi connectivity index (χ0n) is 9.73. The van der Waals surface area contributed by atoms with E-state index in [-0.39, 0.29) is 6.10 Å². The first-order valence-electron chi connectivity index (χ1n) is 5.63. The molecular weight excluding hydrogens is 254 g/mol. The van der Waals surface area contributed by atoms with Crippen molar-refractivity contribution < 1.29 is 9.63 Å². The average molecular weight is 268 g/mol. The van der Waals surface area contributed by atoms with Gasteiger partial charge < -0.3 is 15.9 Å². The smallest absolute Gasteiger partial charge is 0.266 e. The number of nitrogens with two attached hydrogens (primary N) is 1. The van der Waals surface area contributed by atoms with Crippen LogP contribution in [0.4, 0.5) is 0 Å². The molecule has 18 heavy (non-hydrogen) atoms. The molecule has 1 unspecified atom stereocenters. The Hall–Kier alpha value is -1.59. The van der Waals surface area contributed by atoms with Gasteiger partial charge in [-0.1, -0.05) is 35.0 Å². The molecule has 96 valence electrons. The van der Waals surface area contributed by atoms with Crippen molar-refractivity contribution in [1.82, 2.24) is 5.32 Å². The number of halogens is 1. The lowest BCUT2D eigenvalue weighted by Crippen LogP contribution is -2.29. The summed E-state index contributed by atoms with van der Waals surface area (Å²) in [5.41, 5.74) is 6.42. The van der Waals surface area contributed by atoms with Crippen LogP contribution in [0.15, 0.2) is 29.4 Å². The second-order valence-electron chi connectivity index (χ2n) is 4.06. The summed E-state index contributed by atoms with van der Waals surface area (Å²) < 4.78 is 0. The van der Waals surface area contributed by atoms with Crippen molar-refractivity contribution in [2.75, 3.05) is 6.54 Å². The lowest BCUT2D eigenvalue weighted by molar-refractivity contribution is -0.112. The summed E-state index contributed by atoms with van der Waals surface area (Å²) in [6.45, 7) is 1.23. The van der Waals surface area contributed by atoms with Crippen LogP contribution in [0.1, 0.15) is 12.0 Å². The number of oxime groups is 1. The molecule has 1 aromatic rings. The van der Waals surface area contributed by atoms with Crippen LogP contribution in [0.3, 0.4) is 0 Å². The van der Waals surface area contributed by atoms with Crippen LogP contribution in [0.5, 0.6) is 0 Å². The maximum atomic E-state index is 10.9. The minimum Gasteiger partial charge on any atom is -0.390 e. The highest BCUT2D eigenvalue weighted by molar-refractivity contribution is 6.38. The van der Waals surface area contributed by atoms with Gasteiger partial charge in [0.05, 0.1) is 0 Å². The number of hydrogen-bond donors (Lipinski definition) is 2. The number of benzene rings is 1. The summed E-state index contributed by atoms with van der Waals surface area (Å²) in [7, 11) is 0. The third-order valence-corrected chi connectivity index (χ3v) is 3.03. The highest BCUT2D eigenvalue weighted by Gasteiger charge is 2.23. The van der Waals surface area contributed by atoms with Gasteiger partial charge in [-0.05, 0) is 11.6 Å². The first-order chi connectivity index (χ1) is 8.66. The van der Waals surface area contributed by atoms with Crippen molar-refractivity contribution in [1.29, 1.82) is 0 Å². The molecule has 2 rings (SSSR count). The average Bonchev–Trinajstić information content (AvgIpc) is 2.80. The van der Waals surface area contributed by atoms with Gasteiger partial charge in [-0.3, -0.25) is 4.79 Å². The van der Waals surface area contributed by atoms with Crippen LogP contribution >= 0.6 is 11.6 Å². The highest BCUT2D eigenvalue weighted by atomic mass is 35.5. The van der Waals surface area contributed by atoms with Crippen molar-refractivity contribution in [3.8, 4) is 0 Å². The number of hydrogen-bond acceptors (Lipinski definition) is 4. The van der Waals surface area contributed by atoms with E-state index >= 15 is 0 Å². The van der Waals surface area contributed by atoms with E-state index in [2.05, 4.69) is 10.5 Å². The van der Waals surface area contributed by atoms with Crippen molar-refractivity contribution in [2.45, 2.75) is 19.1 Å². The Morgan fingerprint density at radius 1 is 1.56 bits per heavy atom. The molecule has 1 amide bonds. The number of nitrogens with zero attached hydrogens (tertiary/aromatic N) is 1. The monoisotopic (exact) mass is 267 g/mol. The number of rotatable bonds is 5. The fourth-order valence-electron chi connectivity index (χ4n) is 1.69. The van der Waals surface area contributed by atoms with Gasteiger partial charge in [0.2, 0.25) is 0 Å². The molecule has 0 aliphatic carbocycles. The molecule has 3 N–H and O–H groups in total. The molecule has 1 aromatic carbocycles. The van der Waals surface area contributed by atoms with E-state index < -0.39 is 5.91 Å². The van der Waals surface area contributed by atoms with Gasteiger partial charge >= 0.3 is 0 Å². The molecule has 0 fully saturated rings. The molecule has 1 heterocycles. The third kappa shape index (κ3) is 3.21. The summed E-state index contributed by atoms with van der Waals surface area (Å²) in [6.07, 6.45) is 0.306. The van der Waals surface area contributed by atoms with Gasteiger partial charge in [-0.25, -0.2) is 0 Å². The molecule has 1 aliphatic heterocycles. The Morgan fingerprint density at radius 2 is 2.33 bits per heavy atom. The Morgan fingerprint density at radius 3 is 3.00 bits per heavy atom. The van der Waals surface area contributed by atoms with E-state index in [9.17, 15) is 4.79 Å². The molecule has 0 aromatic heterocycles. The first kappa shape index (κ1) is 12.9. The highest BCUT2D eigenvalue weighted by Crippen LogP contribution is 2.15. The lowest BCUT2D eigenvalue weighted by Gasteiger charge is -2.10. The van der Waals surface area contributed by atoms with Gasteiger partial charge in [0.25, 0.3) is 5.91 Å². The topological polar surface area (TPSA) is 76.7 Å². The van der Waals surface area contributed by atoms with Gasteiger partial charge in [0.1, 0.15) is 11.8 Å². The molecule has 5 nitrogen and oxygen atoms in total. The largest absolute Gasteiger partial charge is 0.390 e. The number of carbonyl (C=O) groups is 1. The van der Waals surface area contributed by atoms with Crippen molar-refractivity contribution in [3.63, 3.8) is 0 Å². The van der Waals surface area contributed by atoms with Crippen molar-refractivity contribution in [2.24, 2.45) is 10.9 Å². The normalized spacial score (nSPS) is 18.3. The molecule has 0 spiro atoms. The van der Waals surface area contributed by atoms with E-state index in [1.807, 2.05) is 24.3 Å². The van der Waals surface area contributed by atoms with Crippen LogP contribution in [0, 0.1) is 0 Å². The molecule has 6 heteroatoms. The number of nitrogens with one attached hydrogen (secondary N) is 1. The predicted octanol–water partition coefficient (Wildman–Crippen LogP) is 1.06. The standard InChI is InChI=1S/C12H14ClN3O2/c13-10-4-2-1-3-8(10)6-15-7-9-5-11(12(14)17)16-18-9/h1-4,9,15H,5-7H2,(H2,14,17). The SMILES string of the molecule is NC(=O)C1=NOC(CNCc2ccccc2Cl)C1. The lowest BCUT2D eigenvalue weighted by atomic mass is 10.1. The first-order valence-corrected chi connectivity index (χ1v) is 6.01. The zero-order chi connectivity index (χ0) is 13.0. The second-order valence-corrected chi connectivity index (χ2v) is 4.46. The van der Waals surface area contributed by atoms with Crippen LogP contribution in [-0.2, 0) is 16.2 Å². The third-order valence-electron chi connectivity index (χ3n) is 2.66. The van der Waals surface area contributed by atoms with E-state index in [0.717, 1.165) is 10.6 Å². The van der Waals surface area contributed by atoms with E-state index in [4.69, 9.17) is 22.2 Å². The second kappa shape index (κ2) is 5.84. The van der Waals surface area contributed by atoms with Crippen LogP contribution in [0.2, 0.25) is 5.02 Å². The minimum absolute atomic E-state index is 0.144. The summed E-state index contributed by atoms with van der Waals surface area (Å²) in [5, 5.41) is 7.57. The van der Waals surface area contributed by atoms with Gasteiger partial charge in [0.15, 0.2) is 0 Å². The predicted molar refractivity (Wildman–Crippen MR) is 69.3 cm³/mol. The van der Waals surface area contributed by atoms with E-state index in [0.29, 0.717) is 25.2 Å². The Bertz CT molecular complexity index is 476. The maximum Gasteiger partial charge on any atom is 0.266 e. The molecule has 0 saturated carbocycles. The van der Waals surface area contributed by atoms with E-state index in [1.54, 1.807) is 0 Å². The van der Waals surface area contributed by atoms with Crippen LogP contribution < -0.4 is 11.1 Å². The maximum absolute atomic E-state index is 10.9. The van der Waals surface area contributed by atoms with Gasteiger partial charge in [-0.15, -0.1) is 0 Å². The van der Waals surface area contributed by atoms with Crippen molar-refractivity contribution >= 4 is 23.2 Å². The van der Waals surface area contributed by atoms with E-state index in [1.165, 1.54) is 0 Å². The van der Waals surface area contributed by atoms with Gasteiger partial charge in [0, 0.05) is 24.5 Å². The summed E-state index contributed by atoms with van der Waals surface area (Å²) >= 11 is 6.03. The molecule has 0 saturated heterocycles. The molecule has 0 bridgehead atoms. The fraction of sp³-hybridized carbons (Fsp3) is 0.333. The number of amides is 1. The molecule has 1 atom stereocenters.